The minimum atomic E-state index is -5.00. The van der Waals surface area contributed by atoms with Crippen molar-refractivity contribution >= 4 is 18.0 Å². The van der Waals surface area contributed by atoms with E-state index in [-0.39, 0.29) is 6.54 Å². The van der Waals surface area contributed by atoms with E-state index in [1.165, 1.54) is 10.9 Å². The predicted molar refractivity (Wildman–Crippen MR) is 67.4 cm³/mol. The number of hydrogen-bond donors (Lipinski definition) is 0. The van der Waals surface area contributed by atoms with E-state index in [0.717, 1.165) is 11.1 Å². The third-order valence-corrected chi connectivity index (χ3v) is 3.07. The van der Waals surface area contributed by atoms with Gasteiger partial charge in [-0.15, -0.1) is 12.1 Å². The maximum atomic E-state index is 12.5. The van der Waals surface area contributed by atoms with Gasteiger partial charge in [0.1, 0.15) is 0 Å². The maximum Gasteiger partial charge on any atom is 0.506 e. The molecule has 1 aromatic heterocycles. The fraction of sp³-hybridized carbons (Fsp3) is 0.250. The third kappa shape index (κ3) is 2.28. The number of halogens is 3. The second-order valence-corrected chi connectivity index (χ2v) is 4.53. The Morgan fingerprint density at radius 2 is 1.89 bits per heavy atom. The molecule has 2 aromatic rings. The summed E-state index contributed by atoms with van der Waals surface area (Å²) in [5.74, 6) is 0. The largest absolute Gasteiger partial charge is 0.506 e. The first kappa shape index (κ1) is 12.7. The lowest BCUT2D eigenvalue weighted by atomic mass is 9.80. The summed E-state index contributed by atoms with van der Waals surface area (Å²) >= 11 is 0. The summed E-state index contributed by atoms with van der Waals surface area (Å²) in [5.41, 5.74) is 2.81. The van der Waals surface area contributed by atoms with E-state index in [0.29, 0.717) is 11.0 Å². The lowest BCUT2D eigenvalue weighted by Gasteiger charge is -2.18. The van der Waals surface area contributed by atoms with Crippen LogP contribution in [0.15, 0.2) is 30.5 Å². The van der Waals surface area contributed by atoms with Crippen molar-refractivity contribution in [2.75, 3.05) is 0 Å². The van der Waals surface area contributed by atoms with Crippen LogP contribution >= 0.6 is 0 Å². The number of benzene rings is 1. The zero-order chi connectivity index (χ0) is 13.5. The molecule has 18 heavy (non-hydrogen) atoms. The van der Waals surface area contributed by atoms with E-state index in [4.69, 9.17) is 0 Å². The first-order valence-corrected chi connectivity index (χ1v) is 5.58. The van der Waals surface area contributed by atoms with Crippen LogP contribution in [0.5, 0.6) is 0 Å². The standard InChI is InChI=1S/C12H13BF3N2/c1-8-4-11-12(5-9(8)2)18(7-17-11)6-10(3)13(14,15)16/h4-5,7H,3,6H2,1-2H3/q-1. The number of imidazole rings is 1. The number of fused-ring (bicyclic) bond motifs is 1. The average molecular weight is 253 g/mol. The van der Waals surface area contributed by atoms with Gasteiger partial charge in [-0.1, -0.05) is 0 Å². The molecule has 0 aliphatic heterocycles. The van der Waals surface area contributed by atoms with Gasteiger partial charge in [0, 0.05) is 6.54 Å². The molecule has 0 fully saturated rings. The van der Waals surface area contributed by atoms with Crippen LogP contribution in [-0.2, 0) is 6.54 Å². The van der Waals surface area contributed by atoms with E-state index in [2.05, 4.69) is 11.6 Å². The number of nitrogens with zero attached hydrogens (tertiary/aromatic N) is 2. The molecule has 0 bridgehead atoms. The van der Waals surface area contributed by atoms with E-state index >= 15 is 0 Å². The molecule has 2 rings (SSSR count). The molecule has 1 aromatic carbocycles. The highest BCUT2D eigenvalue weighted by Crippen LogP contribution is 2.23. The molecular weight excluding hydrogens is 240 g/mol. The molecule has 0 saturated heterocycles. The number of hydrogen-bond acceptors (Lipinski definition) is 1. The molecule has 0 aliphatic rings. The van der Waals surface area contributed by atoms with Crippen molar-refractivity contribution < 1.29 is 12.9 Å². The summed E-state index contributed by atoms with van der Waals surface area (Å²) in [7, 11) is 0. The SMILES string of the molecule is C=C(Cn1cnc2cc(C)c(C)cc21)[B-](F)(F)F. The molecule has 0 aliphatic carbocycles. The third-order valence-electron chi connectivity index (χ3n) is 3.07. The Labute approximate surface area is 103 Å². The summed E-state index contributed by atoms with van der Waals surface area (Å²) in [4.78, 5) is 4.12. The zero-order valence-corrected chi connectivity index (χ0v) is 10.3. The molecule has 96 valence electrons. The van der Waals surface area contributed by atoms with E-state index in [1.807, 2.05) is 26.0 Å². The fourth-order valence-corrected chi connectivity index (χ4v) is 1.76. The van der Waals surface area contributed by atoms with Gasteiger partial charge in [-0.05, 0) is 37.1 Å². The Morgan fingerprint density at radius 3 is 2.50 bits per heavy atom. The maximum absolute atomic E-state index is 12.5. The predicted octanol–water partition coefficient (Wildman–Crippen LogP) is 3.60. The Hall–Kier alpha value is -1.72. The highest BCUT2D eigenvalue weighted by atomic mass is 19.4. The van der Waals surface area contributed by atoms with Crippen molar-refractivity contribution in [3.8, 4) is 0 Å². The Kier molecular flexibility index (Phi) is 2.96. The molecule has 1 heterocycles. The zero-order valence-electron chi connectivity index (χ0n) is 10.3. The van der Waals surface area contributed by atoms with Gasteiger partial charge in [0.2, 0.25) is 0 Å². The Balaban J connectivity index is 2.41. The second kappa shape index (κ2) is 4.19. The van der Waals surface area contributed by atoms with Crippen molar-refractivity contribution in [3.63, 3.8) is 0 Å². The van der Waals surface area contributed by atoms with Gasteiger partial charge < -0.3 is 17.5 Å². The Morgan fingerprint density at radius 1 is 1.28 bits per heavy atom. The van der Waals surface area contributed by atoms with Gasteiger partial charge in [-0.25, -0.2) is 4.98 Å². The van der Waals surface area contributed by atoms with Crippen molar-refractivity contribution in [2.24, 2.45) is 0 Å². The molecule has 0 spiro atoms. The van der Waals surface area contributed by atoms with Gasteiger partial charge in [0.15, 0.2) is 0 Å². The summed E-state index contributed by atoms with van der Waals surface area (Å²) in [5, 5.41) is 0. The van der Waals surface area contributed by atoms with Gasteiger partial charge in [0.25, 0.3) is 0 Å². The topological polar surface area (TPSA) is 17.8 Å². The first-order chi connectivity index (χ1) is 8.29. The molecule has 0 amide bonds. The highest BCUT2D eigenvalue weighted by molar-refractivity contribution is 6.66. The van der Waals surface area contributed by atoms with Gasteiger partial charge in [-0.3, -0.25) is 0 Å². The van der Waals surface area contributed by atoms with Crippen LogP contribution in [-0.4, -0.2) is 16.5 Å². The first-order valence-electron chi connectivity index (χ1n) is 5.58. The van der Waals surface area contributed by atoms with Crippen LogP contribution in [0.25, 0.3) is 11.0 Å². The van der Waals surface area contributed by atoms with E-state index in [9.17, 15) is 12.9 Å². The van der Waals surface area contributed by atoms with Crippen LogP contribution < -0.4 is 0 Å². The van der Waals surface area contributed by atoms with Crippen LogP contribution in [0.2, 0.25) is 0 Å². The van der Waals surface area contributed by atoms with Crippen molar-refractivity contribution in [1.82, 2.24) is 9.55 Å². The fourth-order valence-electron chi connectivity index (χ4n) is 1.76. The summed E-state index contributed by atoms with van der Waals surface area (Å²) in [6.07, 6.45) is 1.43. The number of aryl methyl sites for hydroxylation is 2. The molecule has 0 N–H and O–H groups in total. The van der Waals surface area contributed by atoms with Gasteiger partial charge in [0.05, 0.1) is 17.4 Å². The second-order valence-electron chi connectivity index (χ2n) is 4.53. The molecular formula is C12H13BF3N2-. The van der Waals surface area contributed by atoms with Crippen LogP contribution in [0.3, 0.4) is 0 Å². The number of allylic oxidation sites excluding steroid dienone is 1. The molecule has 2 nitrogen and oxygen atoms in total. The van der Waals surface area contributed by atoms with E-state index < -0.39 is 12.4 Å². The lowest BCUT2D eigenvalue weighted by Crippen LogP contribution is -2.22. The Bertz CT molecular complexity index is 614. The quantitative estimate of drug-likeness (QED) is 0.764. The summed E-state index contributed by atoms with van der Waals surface area (Å²) in [6.45, 7) is 1.72. The molecule has 0 saturated carbocycles. The summed E-state index contributed by atoms with van der Waals surface area (Å²) < 4.78 is 39.0. The smallest absolute Gasteiger partial charge is 0.445 e. The monoisotopic (exact) mass is 253 g/mol. The summed E-state index contributed by atoms with van der Waals surface area (Å²) in [6, 6.07) is 3.73. The minimum Gasteiger partial charge on any atom is -0.445 e. The normalized spacial score (nSPS) is 12.1. The van der Waals surface area contributed by atoms with Crippen molar-refractivity contribution in [1.29, 1.82) is 0 Å². The van der Waals surface area contributed by atoms with E-state index in [1.54, 1.807) is 0 Å². The molecule has 0 radical (unpaired) electrons. The molecule has 0 unspecified atom stereocenters. The van der Waals surface area contributed by atoms with Gasteiger partial charge >= 0.3 is 6.98 Å². The number of aromatic nitrogens is 2. The van der Waals surface area contributed by atoms with Crippen LogP contribution in [0.1, 0.15) is 11.1 Å². The lowest BCUT2D eigenvalue weighted by molar-refractivity contribution is 0.483. The average Bonchev–Trinajstić information content (AvgIpc) is 2.61. The van der Waals surface area contributed by atoms with Crippen LogP contribution in [0.4, 0.5) is 12.9 Å². The minimum absolute atomic E-state index is 0.261. The van der Waals surface area contributed by atoms with Crippen molar-refractivity contribution in [2.45, 2.75) is 20.4 Å². The highest BCUT2D eigenvalue weighted by Gasteiger charge is 2.26. The molecule has 6 heteroatoms. The van der Waals surface area contributed by atoms with Crippen molar-refractivity contribution in [3.05, 3.63) is 41.6 Å². The van der Waals surface area contributed by atoms with Gasteiger partial charge in [-0.2, -0.15) is 0 Å². The number of rotatable bonds is 3. The van der Waals surface area contributed by atoms with Crippen LogP contribution in [0, 0.1) is 13.8 Å². The molecule has 0 atom stereocenters.